The molecular formula is C57H39BN4O12. The average Bonchev–Trinajstić information content (AvgIpc) is 3.78. The van der Waals surface area contributed by atoms with Crippen molar-refractivity contribution in [2.75, 3.05) is 0 Å². The predicted octanol–water partition coefficient (Wildman–Crippen LogP) is 6.59. The number of aryl methyl sites for hydroxylation is 1. The molecule has 12 rings (SSSR count). The standard InChI is InChI=1S/C57H39BN4O12/c1-29-17-19-39-38-13-8-14-40(50(38)74-51(39)62-29)45-20-18-30(26-59-45)36-9-2-3-10-37(36)31-21-32(54(58,65)55(66,67)34-24-43-48(60-27-34)41-11-4-6-15-46(41)72-52(43)63)23-33(22-31)56(68,69)57(70,71)35-25-44-49(61-28-35)42-12-5-7-16-47(42)73-53(44)64/h2-28,65-71H,58H2,1H3. The number of para-hydroxylation sites is 3. The van der Waals surface area contributed by atoms with Crippen LogP contribution in [-0.4, -0.2) is 63.5 Å². The van der Waals surface area contributed by atoms with E-state index in [-0.39, 0.29) is 44.1 Å². The summed E-state index contributed by atoms with van der Waals surface area (Å²) < 4.78 is 17.2. The van der Waals surface area contributed by atoms with Crippen molar-refractivity contribution in [1.29, 1.82) is 0 Å². The van der Waals surface area contributed by atoms with Gasteiger partial charge in [0.1, 0.15) is 22.2 Å². The zero-order chi connectivity index (χ0) is 51.5. The molecule has 74 heavy (non-hydrogen) atoms. The second kappa shape index (κ2) is 16.6. The molecular weight excluding hydrogens is 943 g/mol. The first kappa shape index (κ1) is 46.3. The largest absolute Gasteiger partial charge is 0.437 e. The van der Waals surface area contributed by atoms with Gasteiger partial charge in [-0.25, -0.2) is 14.6 Å². The maximum Gasteiger partial charge on any atom is 0.345 e. The highest BCUT2D eigenvalue weighted by Gasteiger charge is 2.53. The van der Waals surface area contributed by atoms with Gasteiger partial charge in [0.05, 0.1) is 27.5 Å². The lowest BCUT2D eigenvalue weighted by Crippen LogP contribution is -2.51. The van der Waals surface area contributed by atoms with Gasteiger partial charge in [0.2, 0.25) is 11.5 Å². The third-order valence-electron chi connectivity index (χ3n) is 13.9. The molecule has 0 aliphatic rings. The number of benzene rings is 5. The Bertz CT molecular complexity index is 4240. The van der Waals surface area contributed by atoms with E-state index in [1.807, 2.05) is 49.4 Å². The van der Waals surface area contributed by atoms with Crippen LogP contribution in [0.5, 0.6) is 0 Å². The number of nitrogens with zero attached hydrogens (tertiary/aromatic N) is 4. The van der Waals surface area contributed by atoms with Crippen LogP contribution in [-0.2, 0) is 22.9 Å². The molecule has 7 N–H and O–H groups in total. The summed E-state index contributed by atoms with van der Waals surface area (Å²) in [5, 5.41) is 87.4. The van der Waals surface area contributed by atoms with Crippen LogP contribution in [0.4, 0.5) is 0 Å². The van der Waals surface area contributed by atoms with Crippen LogP contribution < -0.4 is 11.3 Å². The average molecular weight is 983 g/mol. The van der Waals surface area contributed by atoms with Crippen LogP contribution in [0.2, 0.25) is 0 Å². The Morgan fingerprint density at radius 3 is 1.61 bits per heavy atom. The summed E-state index contributed by atoms with van der Waals surface area (Å²) in [4.78, 5) is 44.6. The van der Waals surface area contributed by atoms with E-state index in [2.05, 4.69) is 15.0 Å². The van der Waals surface area contributed by atoms with E-state index in [4.69, 9.17) is 18.2 Å². The minimum atomic E-state index is -3.72. The lowest BCUT2D eigenvalue weighted by atomic mass is 9.66. The molecule has 12 aromatic rings. The molecule has 1 atom stereocenters. The van der Waals surface area contributed by atoms with E-state index < -0.39 is 50.8 Å². The summed E-state index contributed by atoms with van der Waals surface area (Å²) in [6, 6.07) is 39.1. The Morgan fingerprint density at radius 2 is 0.986 bits per heavy atom. The molecule has 0 saturated heterocycles. The maximum atomic E-state index is 13.3. The van der Waals surface area contributed by atoms with Crippen LogP contribution in [0.25, 0.3) is 99.3 Å². The number of fused-ring (bicyclic) bond motifs is 9. The van der Waals surface area contributed by atoms with Crippen molar-refractivity contribution in [3.8, 4) is 33.5 Å². The summed E-state index contributed by atoms with van der Waals surface area (Å²) >= 11 is 0. The smallest absolute Gasteiger partial charge is 0.345 e. The van der Waals surface area contributed by atoms with Crippen molar-refractivity contribution in [3.63, 3.8) is 0 Å². The zero-order valence-electron chi connectivity index (χ0n) is 39.0. The molecule has 0 spiro atoms. The Kier molecular flexibility index (Phi) is 10.4. The SMILES string of the molecule is BC(O)(c1cc(-c2ccccc2-c2ccc(-c3cccc4c3oc3nc(C)ccc34)nc2)cc(C(O)(O)C(O)(O)c2cnc3c(c2)c(=O)oc2ccccc23)c1)C(O)(O)c1cnc2c(c1)c(=O)oc1ccccc12. The Morgan fingerprint density at radius 1 is 0.446 bits per heavy atom. The molecule has 0 aliphatic heterocycles. The predicted molar refractivity (Wildman–Crippen MR) is 277 cm³/mol. The first-order chi connectivity index (χ1) is 35.4. The molecule has 16 nitrogen and oxygen atoms in total. The fourth-order valence-electron chi connectivity index (χ4n) is 9.69. The number of hydrogen-bond donors (Lipinski definition) is 7. The molecule has 362 valence electrons. The molecule has 0 amide bonds. The molecule has 1 unspecified atom stereocenters. The van der Waals surface area contributed by atoms with E-state index in [1.165, 1.54) is 12.1 Å². The van der Waals surface area contributed by atoms with E-state index in [9.17, 15) is 45.3 Å². The van der Waals surface area contributed by atoms with E-state index in [1.54, 1.807) is 79.0 Å². The van der Waals surface area contributed by atoms with Gasteiger partial charge >= 0.3 is 11.3 Å². The van der Waals surface area contributed by atoms with Gasteiger partial charge in [0, 0.05) is 73.6 Å². The summed E-state index contributed by atoms with van der Waals surface area (Å²) in [6.07, 6.45) is 3.68. The second-order valence-electron chi connectivity index (χ2n) is 18.5. The number of aliphatic hydroxyl groups is 7. The third kappa shape index (κ3) is 7.14. The van der Waals surface area contributed by atoms with Crippen molar-refractivity contribution in [2.45, 2.75) is 29.8 Å². The Labute approximate surface area is 417 Å². The fourth-order valence-corrected chi connectivity index (χ4v) is 9.69. The van der Waals surface area contributed by atoms with Gasteiger partial charge in [-0.3, -0.25) is 15.0 Å². The van der Waals surface area contributed by atoms with E-state index in [0.29, 0.717) is 44.5 Å². The molecule has 0 bridgehead atoms. The second-order valence-corrected chi connectivity index (χ2v) is 18.5. The number of pyridine rings is 4. The van der Waals surface area contributed by atoms with Crippen molar-refractivity contribution >= 4 is 73.7 Å². The molecule has 7 aromatic heterocycles. The van der Waals surface area contributed by atoms with Crippen molar-refractivity contribution in [2.24, 2.45) is 0 Å². The number of hydrogen-bond acceptors (Lipinski definition) is 16. The van der Waals surface area contributed by atoms with Crippen LogP contribution in [0.1, 0.15) is 27.9 Å². The van der Waals surface area contributed by atoms with Crippen LogP contribution in [0.3, 0.4) is 0 Å². The minimum absolute atomic E-state index is 0.110. The topological polar surface area (TPSA) is 267 Å². The highest BCUT2D eigenvalue weighted by atomic mass is 16.6. The summed E-state index contributed by atoms with van der Waals surface area (Å²) in [5.41, 5.74) is -1.07. The maximum absolute atomic E-state index is 13.3. The zero-order valence-corrected chi connectivity index (χ0v) is 39.0. The van der Waals surface area contributed by atoms with Gasteiger partial charge in [-0.15, -0.1) is 0 Å². The fraction of sp³-hybridized carbons (Fsp3) is 0.0877. The van der Waals surface area contributed by atoms with E-state index in [0.717, 1.165) is 60.5 Å². The Hall–Kier alpha value is -8.78. The Balaban J connectivity index is 1.00. The van der Waals surface area contributed by atoms with E-state index >= 15 is 0 Å². The lowest BCUT2D eigenvalue weighted by molar-refractivity contribution is -0.375. The van der Waals surface area contributed by atoms with Gasteiger partial charge in [0.15, 0.2) is 7.85 Å². The van der Waals surface area contributed by atoms with Gasteiger partial charge in [-0.1, -0.05) is 66.7 Å². The van der Waals surface area contributed by atoms with Gasteiger partial charge in [-0.2, -0.15) is 0 Å². The molecule has 0 radical (unpaired) electrons. The normalized spacial score (nSPS) is 13.4. The molecule has 0 fully saturated rings. The van der Waals surface area contributed by atoms with Crippen molar-refractivity contribution in [3.05, 3.63) is 213 Å². The first-order valence-corrected chi connectivity index (χ1v) is 23.1. The van der Waals surface area contributed by atoms with Gasteiger partial charge in [-0.05, 0) is 108 Å². The van der Waals surface area contributed by atoms with Crippen LogP contribution in [0, 0.1) is 6.92 Å². The number of rotatable bonds is 9. The molecule has 0 aliphatic carbocycles. The van der Waals surface area contributed by atoms with Crippen molar-refractivity contribution in [1.82, 2.24) is 19.9 Å². The van der Waals surface area contributed by atoms with Gasteiger partial charge < -0.3 is 49.0 Å². The van der Waals surface area contributed by atoms with Crippen LogP contribution in [0.15, 0.2) is 187 Å². The van der Waals surface area contributed by atoms with Gasteiger partial charge in [0.25, 0.3) is 11.6 Å². The number of aromatic nitrogens is 4. The monoisotopic (exact) mass is 982 g/mol. The highest BCUT2D eigenvalue weighted by molar-refractivity contribution is 6.15. The summed E-state index contributed by atoms with van der Waals surface area (Å²) in [7, 11) is 1.04. The molecule has 7 heterocycles. The lowest BCUT2D eigenvalue weighted by Gasteiger charge is -2.40. The molecule has 17 heteroatoms. The first-order valence-electron chi connectivity index (χ1n) is 23.1. The molecule has 0 saturated carbocycles. The number of furan rings is 1. The highest BCUT2D eigenvalue weighted by Crippen LogP contribution is 2.45. The quantitative estimate of drug-likeness (QED) is 0.0348. The van der Waals surface area contributed by atoms with Crippen molar-refractivity contribution < 1.29 is 49.0 Å². The minimum Gasteiger partial charge on any atom is -0.437 e. The van der Waals surface area contributed by atoms with Crippen LogP contribution >= 0.6 is 0 Å². The summed E-state index contributed by atoms with van der Waals surface area (Å²) in [6.45, 7) is 1.88. The third-order valence-corrected chi connectivity index (χ3v) is 13.9. The summed E-state index contributed by atoms with van der Waals surface area (Å²) in [5.74, 6) is -10.7. The molecule has 5 aromatic carbocycles.